The third-order valence-electron chi connectivity index (χ3n) is 4.38. The summed E-state index contributed by atoms with van der Waals surface area (Å²) >= 11 is 3.32. The molecule has 1 aromatic carbocycles. The lowest BCUT2D eigenvalue weighted by molar-refractivity contribution is 0.0900. The van der Waals surface area contributed by atoms with Crippen LogP contribution in [0.25, 0.3) is 5.69 Å². The van der Waals surface area contributed by atoms with Crippen LogP contribution < -0.4 is 11.4 Å². The van der Waals surface area contributed by atoms with Gasteiger partial charge in [-0.15, -0.1) is 0 Å². The topological polar surface area (TPSA) is 87.1 Å². The Balaban J connectivity index is 2.26. The number of aromatic nitrogens is 2. The van der Waals surface area contributed by atoms with Crippen molar-refractivity contribution in [1.29, 1.82) is 0 Å². The molecule has 6 nitrogen and oxygen atoms in total. The molecule has 0 unspecified atom stereocenters. The fraction of sp³-hybridized carbons (Fsp3) is 0.353. The first-order valence-electron chi connectivity index (χ1n) is 7.56. The largest absolute Gasteiger partial charge is 0.366 e. The molecule has 2 N–H and O–H groups in total. The number of nitrogens with zero attached hydrogens (tertiary/aromatic N) is 2. The first-order chi connectivity index (χ1) is 11.1. The van der Waals surface area contributed by atoms with Gasteiger partial charge in [0.1, 0.15) is 5.69 Å². The van der Waals surface area contributed by atoms with Crippen molar-refractivity contribution in [3.63, 3.8) is 0 Å². The molecule has 0 fully saturated rings. The van der Waals surface area contributed by atoms with Gasteiger partial charge in [0.15, 0.2) is 5.78 Å². The van der Waals surface area contributed by atoms with E-state index in [4.69, 9.17) is 5.73 Å². The zero-order valence-electron chi connectivity index (χ0n) is 13.7. The molecule has 2 aromatic rings. The van der Waals surface area contributed by atoms with Gasteiger partial charge in [0.05, 0.1) is 16.9 Å². The summed E-state index contributed by atoms with van der Waals surface area (Å²) in [6, 6.07) is 4.91. The first kappa shape index (κ1) is 16.7. The van der Waals surface area contributed by atoms with Crippen molar-refractivity contribution < 1.29 is 9.59 Å². The summed E-state index contributed by atoms with van der Waals surface area (Å²) in [5, 5.41) is 0. The van der Waals surface area contributed by atoms with Crippen LogP contribution in [0.4, 0.5) is 0 Å². The number of hydrogen-bond donors (Lipinski definition) is 1. The highest BCUT2D eigenvalue weighted by Gasteiger charge is 2.36. The third-order valence-corrected chi connectivity index (χ3v) is 5.04. The minimum absolute atomic E-state index is 0.0209. The Labute approximate surface area is 147 Å². The van der Waals surface area contributed by atoms with Crippen molar-refractivity contribution in [3.8, 4) is 5.69 Å². The van der Waals surface area contributed by atoms with Crippen LogP contribution in [0.5, 0.6) is 0 Å². The minimum atomic E-state index is -0.549. The molecule has 1 aliphatic rings. The van der Waals surface area contributed by atoms with Crippen molar-refractivity contribution in [1.82, 2.24) is 9.13 Å². The van der Waals surface area contributed by atoms with Gasteiger partial charge in [0.2, 0.25) is 5.91 Å². The molecule has 1 aromatic heterocycles. The number of halogens is 1. The molecule has 0 bridgehead atoms. The zero-order valence-corrected chi connectivity index (χ0v) is 15.3. The van der Waals surface area contributed by atoms with E-state index in [0.717, 1.165) is 0 Å². The van der Waals surface area contributed by atoms with E-state index < -0.39 is 5.91 Å². The fourth-order valence-corrected chi connectivity index (χ4v) is 3.88. The number of amides is 1. The lowest BCUT2D eigenvalue weighted by Crippen LogP contribution is -2.29. The van der Waals surface area contributed by atoms with Crippen molar-refractivity contribution in [3.05, 3.63) is 50.1 Å². The maximum absolute atomic E-state index is 12.7. The average molecular weight is 392 g/mol. The van der Waals surface area contributed by atoms with Crippen molar-refractivity contribution in [2.75, 3.05) is 0 Å². The number of ketones is 1. The number of fused-ring (bicyclic) bond motifs is 1. The van der Waals surface area contributed by atoms with Crippen molar-refractivity contribution in [2.45, 2.75) is 26.7 Å². The van der Waals surface area contributed by atoms with E-state index in [1.165, 1.54) is 4.57 Å². The zero-order chi connectivity index (χ0) is 17.8. The molecule has 1 amide bonds. The second-order valence-electron chi connectivity index (χ2n) is 6.94. The van der Waals surface area contributed by atoms with Gasteiger partial charge in [-0.3, -0.25) is 18.7 Å². The quantitative estimate of drug-likeness (QED) is 0.850. The Morgan fingerprint density at radius 3 is 2.50 bits per heavy atom. The maximum atomic E-state index is 12.7. The Bertz CT molecular complexity index is 937. The molecule has 1 aliphatic carbocycles. The highest BCUT2D eigenvalue weighted by Crippen LogP contribution is 2.35. The monoisotopic (exact) mass is 391 g/mol. The standard InChI is InChI=1S/C17H18BrN3O3/c1-17(2)7-12-14(13(22)8-17)20(3)16(24)21(12)9-4-5-10(15(19)23)11(18)6-9/h4-6H,7-8H2,1-3H3,(H2,19,23). The van der Waals surface area contributed by atoms with Gasteiger partial charge in [0, 0.05) is 17.9 Å². The van der Waals surface area contributed by atoms with E-state index in [2.05, 4.69) is 15.9 Å². The molecule has 0 aliphatic heterocycles. The Morgan fingerprint density at radius 2 is 1.92 bits per heavy atom. The van der Waals surface area contributed by atoms with Crippen LogP contribution in [0, 0.1) is 5.41 Å². The van der Waals surface area contributed by atoms with E-state index in [1.807, 2.05) is 13.8 Å². The molecule has 0 saturated carbocycles. The normalized spacial score (nSPS) is 16.1. The van der Waals surface area contributed by atoms with E-state index in [-0.39, 0.29) is 16.9 Å². The number of rotatable bonds is 2. The average Bonchev–Trinajstić information content (AvgIpc) is 2.68. The summed E-state index contributed by atoms with van der Waals surface area (Å²) in [5.74, 6) is -0.570. The molecule has 0 radical (unpaired) electrons. The van der Waals surface area contributed by atoms with E-state index >= 15 is 0 Å². The van der Waals surface area contributed by atoms with Crippen molar-refractivity contribution in [2.24, 2.45) is 18.2 Å². The molecule has 126 valence electrons. The van der Waals surface area contributed by atoms with Crippen LogP contribution >= 0.6 is 15.9 Å². The molecule has 3 rings (SSSR count). The number of hydrogen-bond acceptors (Lipinski definition) is 3. The second-order valence-corrected chi connectivity index (χ2v) is 7.80. The number of nitrogens with two attached hydrogens (primary N) is 1. The molecule has 1 heterocycles. The van der Waals surface area contributed by atoms with E-state index in [9.17, 15) is 14.4 Å². The van der Waals surface area contributed by atoms with Gasteiger partial charge < -0.3 is 5.73 Å². The molecular weight excluding hydrogens is 374 g/mol. The molecule has 0 atom stereocenters. The number of carbonyl (C=O) groups excluding carboxylic acids is 2. The molecule has 24 heavy (non-hydrogen) atoms. The minimum Gasteiger partial charge on any atom is -0.366 e. The molecular formula is C17H18BrN3O3. The Morgan fingerprint density at radius 1 is 1.25 bits per heavy atom. The van der Waals surface area contributed by atoms with Crippen molar-refractivity contribution >= 4 is 27.6 Å². The van der Waals surface area contributed by atoms with Crippen LogP contribution in [0.3, 0.4) is 0 Å². The summed E-state index contributed by atoms with van der Waals surface area (Å²) in [5.41, 5.74) is 6.95. The van der Waals surface area contributed by atoms with Crippen LogP contribution in [0.1, 0.15) is 46.8 Å². The third kappa shape index (κ3) is 2.53. The molecule has 0 saturated heterocycles. The lowest BCUT2D eigenvalue weighted by atomic mass is 9.77. The summed E-state index contributed by atoms with van der Waals surface area (Å²) in [7, 11) is 1.61. The van der Waals surface area contributed by atoms with Gasteiger partial charge in [-0.05, 0) is 46.0 Å². The maximum Gasteiger partial charge on any atom is 0.333 e. The van der Waals surface area contributed by atoms with Gasteiger partial charge in [0.25, 0.3) is 0 Å². The van der Waals surface area contributed by atoms with Crippen LogP contribution in [-0.4, -0.2) is 20.8 Å². The molecule has 7 heteroatoms. The Hall–Kier alpha value is -2.15. The smallest absolute Gasteiger partial charge is 0.333 e. The lowest BCUT2D eigenvalue weighted by Gasteiger charge is -2.29. The van der Waals surface area contributed by atoms with E-state index in [1.54, 1.807) is 29.8 Å². The number of carbonyl (C=O) groups is 2. The predicted molar refractivity (Wildman–Crippen MR) is 93.7 cm³/mol. The first-order valence-corrected chi connectivity index (χ1v) is 8.35. The predicted octanol–water partition coefficient (Wildman–Crippen LogP) is 2.19. The van der Waals surface area contributed by atoms with E-state index in [0.29, 0.717) is 40.0 Å². The summed E-state index contributed by atoms with van der Waals surface area (Å²) in [6.45, 7) is 4.03. The highest BCUT2D eigenvalue weighted by molar-refractivity contribution is 9.10. The number of benzene rings is 1. The number of primary amides is 1. The van der Waals surface area contributed by atoms with Gasteiger partial charge in [-0.1, -0.05) is 13.8 Å². The van der Waals surface area contributed by atoms with Gasteiger partial charge in [-0.25, -0.2) is 4.79 Å². The number of Topliss-reactive ketones (excluding diaryl/α,β-unsaturated/α-hetero) is 1. The summed E-state index contributed by atoms with van der Waals surface area (Å²) in [4.78, 5) is 36.6. The highest BCUT2D eigenvalue weighted by atomic mass is 79.9. The second kappa shape index (κ2) is 5.44. The van der Waals surface area contributed by atoms with Crippen LogP contribution in [-0.2, 0) is 13.5 Å². The van der Waals surface area contributed by atoms with Crippen LogP contribution in [0.15, 0.2) is 27.5 Å². The van der Waals surface area contributed by atoms with Gasteiger partial charge in [-0.2, -0.15) is 0 Å². The SMILES string of the molecule is Cn1c2c(n(-c3ccc(C(N)=O)c(Br)c3)c1=O)CC(C)(C)CC2=O. The molecule has 0 spiro atoms. The number of imidazole rings is 1. The Kier molecular flexibility index (Phi) is 3.79. The summed E-state index contributed by atoms with van der Waals surface area (Å²) < 4.78 is 3.46. The fourth-order valence-electron chi connectivity index (χ4n) is 3.31. The van der Waals surface area contributed by atoms with Gasteiger partial charge >= 0.3 is 5.69 Å². The van der Waals surface area contributed by atoms with Crippen LogP contribution in [0.2, 0.25) is 0 Å². The summed E-state index contributed by atoms with van der Waals surface area (Å²) in [6.07, 6.45) is 1.04.